The lowest BCUT2D eigenvalue weighted by Gasteiger charge is -2.34. The molecule has 302 valence electrons. The quantitative estimate of drug-likeness (QED) is 0.0937. The molecule has 1 unspecified atom stereocenters. The Balaban J connectivity index is 0.000000303. The molecule has 4 rings (SSSR count). The van der Waals surface area contributed by atoms with E-state index in [0.717, 1.165) is 73.6 Å². The largest absolute Gasteiger partial charge is 0.508 e. The van der Waals surface area contributed by atoms with E-state index in [4.69, 9.17) is 0 Å². The fourth-order valence-electron chi connectivity index (χ4n) is 8.10. The molecule has 0 heterocycles. The molecule has 0 saturated carbocycles. The number of rotatable bonds is 17. The van der Waals surface area contributed by atoms with Crippen LogP contribution in [0.25, 0.3) is 12.2 Å². The fraction of sp³-hybridized carbons (Fsp3) is 0.442. The van der Waals surface area contributed by atoms with Gasteiger partial charge in [0.15, 0.2) is 5.78 Å². The van der Waals surface area contributed by atoms with Crippen molar-refractivity contribution >= 4 is 17.9 Å². The summed E-state index contributed by atoms with van der Waals surface area (Å²) in [5, 5.41) is 30.7. The Bertz CT molecular complexity index is 1960. The second kappa shape index (κ2) is 20.7. The zero-order valence-corrected chi connectivity index (χ0v) is 36.4. The van der Waals surface area contributed by atoms with E-state index in [1.807, 2.05) is 52.0 Å². The molecule has 4 aromatic carbocycles. The molecular weight excluding hydrogens is 689 g/mol. The van der Waals surface area contributed by atoms with E-state index in [0.29, 0.717) is 17.9 Å². The molecule has 0 amide bonds. The number of unbranched alkanes of at least 4 members (excludes halogenated alkanes) is 1. The first-order chi connectivity index (χ1) is 26.6. The lowest BCUT2D eigenvalue weighted by atomic mass is 9.70. The highest BCUT2D eigenvalue weighted by Gasteiger charge is 2.32. The van der Waals surface area contributed by atoms with Crippen molar-refractivity contribution in [2.75, 3.05) is 0 Å². The molecule has 0 saturated heterocycles. The van der Waals surface area contributed by atoms with Gasteiger partial charge in [-0.2, -0.15) is 0 Å². The van der Waals surface area contributed by atoms with Crippen molar-refractivity contribution in [2.24, 2.45) is 0 Å². The van der Waals surface area contributed by atoms with E-state index in [1.54, 1.807) is 12.1 Å². The second-order valence-electron chi connectivity index (χ2n) is 15.8. The second-order valence-corrected chi connectivity index (χ2v) is 15.8. The third-order valence-electron chi connectivity index (χ3n) is 12.5. The van der Waals surface area contributed by atoms with Gasteiger partial charge in [-0.05, 0) is 140 Å². The first-order valence-electron chi connectivity index (χ1n) is 21.1. The van der Waals surface area contributed by atoms with Crippen molar-refractivity contribution in [3.8, 4) is 11.5 Å². The molecule has 4 heteroatoms. The van der Waals surface area contributed by atoms with Gasteiger partial charge in [0.05, 0.1) is 5.60 Å². The average molecular weight is 759 g/mol. The Morgan fingerprint density at radius 1 is 0.554 bits per heavy atom. The van der Waals surface area contributed by atoms with Crippen molar-refractivity contribution in [2.45, 2.75) is 150 Å². The third kappa shape index (κ3) is 10.7. The molecule has 3 N–H and O–H groups in total. The van der Waals surface area contributed by atoms with Gasteiger partial charge in [-0.1, -0.05) is 140 Å². The molecule has 0 bridgehead atoms. The zero-order valence-electron chi connectivity index (χ0n) is 36.4. The van der Waals surface area contributed by atoms with Gasteiger partial charge in [0.2, 0.25) is 0 Å². The van der Waals surface area contributed by atoms with Crippen LogP contribution >= 0.6 is 0 Å². The molecule has 0 radical (unpaired) electrons. The molecule has 0 aliphatic rings. The maximum absolute atomic E-state index is 11.6. The Morgan fingerprint density at radius 2 is 0.946 bits per heavy atom. The van der Waals surface area contributed by atoms with Crippen LogP contribution in [0.2, 0.25) is 0 Å². The molecule has 0 spiro atoms. The highest BCUT2D eigenvalue weighted by molar-refractivity contribution is 5.93. The molecule has 4 nitrogen and oxygen atoms in total. The number of aromatic hydroxyl groups is 2. The fourth-order valence-corrected chi connectivity index (χ4v) is 8.10. The molecule has 0 aliphatic heterocycles. The summed E-state index contributed by atoms with van der Waals surface area (Å²) in [4.78, 5) is 11.6. The number of phenols is 2. The van der Waals surface area contributed by atoms with Crippen LogP contribution in [0.4, 0.5) is 0 Å². The summed E-state index contributed by atoms with van der Waals surface area (Å²) < 4.78 is 0. The van der Waals surface area contributed by atoms with Crippen molar-refractivity contribution < 1.29 is 20.1 Å². The SMILES string of the molecule is CCC(=O)/C=C/c1ccc(C(CC)(CC)c2ccc(O)c(C)c2)cc1C.CCCCC(O)(/C=C/c1ccc(C(CC)(CC)c2ccc(O)c(C)c2)cc1C)CC. The van der Waals surface area contributed by atoms with Crippen LogP contribution in [0, 0.1) is 27.7 Å². The molecule has 0 aliphatic carbocycles. The molecule has 0 fully saturated rings. The Labute approximate surface area is 339 Å². The van der Waals surface area contributed by atoms with E-state index < -0.39 is 5.60 Å². The molecule has 1 atom stereocenters. The lowest BCUT2D eigenvalue weighted by molar-refractivity contribution is -0.114. The molecule has 4 aromatic rings. The van der Waals surface area contributed by atoms with Crippen LogP contribution in [0.3, 0.4) is 0 Å². The number of carbonyl (C=O) groups is 1. The standard InChI is InChI=1S/C28H40O2.C24H30O2/c1-7-11-17-27(30,8-2)18-16-23-12-13-24(19-21(23)5)28(9-3,10-4)25-14-15-26(29)22(6)20-25;1-6-22(25)13-10-19-9-11-20(15-17(19)4)24(7-2,8-3)21-12-14-23(26)18(5)16-21/h12-16,18-20,29-30H,7-11,17H2,1-6H3;9-16,26H,6-8H2,1-5H3/b18-16+;13-10+. The van der Waals surface area contributed by atoms with Crippen molar-refractivity contribution in [1.82, 2.24) is 0 Å². The maximum atomic E-state index is 11.6. The average Bonchev–Trinajstić information content (AvgIpc) is 3.20. The summed E-state index contributed by atoms with van der Waals surface area (Å²) in [5.74, 6) is 0.833. The lowest BCUT2D eigenvalue weighted by Crippen LogP contribution is -2.26. The van der Waals surface area contributed by atoms with Crippen LogP contribution in [0.1, 0.15) is 162 Å². The predicted octanol–water partition coefficient (Wildman–Crippen LogP) is 13.6. The van der Waals surface area contributed by atoms with E-state index in [-0.39, 0.29) is 16.6 Å². The van der Waals surface area contributed by atoms with Crippen molar-refractivity contribution in [3.05, 3.63) is 141 Å². The monoisotopic (exact) mass is 759 g/mol. The number of aryl methyl sites for hydroxylation is 4. The number of hydrogen-bond donors (Lipinski definition) is 3. The minimum Gasteiger partial charge on any atom is -0.508 e. The van der Waals surface area contributed by atoms with Crippen LogP contribution in [-0.4, -0.2) is 26.7 Å². The number of aliphatic hydroxyl groups is 1. The van der Waals surface area contributed by atoms with Gasteiger partial charge in [-0.25, -0.2) is 0 Å². The Kier molecular flexibility index (Phi) is 17.0. The predicted molar refractivity (Wildman–Crippen MR) is 239 cm³/mol. The minimum atomic E-state index is -0.721. The maximum Gasteiger partial charge on any atom is 0.155 e. The summed E-state index contributed by atoms with van der Waals surface area (Å²) in [7, 11) is 0. The number of phenolic OH excluding ortho intramolecular Hbond substituents is 2. The number of ketones is 1. The highest BCUT2D eigenvalue weighted by atomic mass is 16.3. The van der Waals surface area contributed by atoms with Gasteiger partial charge in [0.1, 0.15) is 11.5 Å². The van der Waals surface area contributed by atoms with Gasteiger partial charge in [0.25, 0.3) is 0 Å². The first-order valence-corrected chi connectivity index (χ1v) is 21.1. The normalized spacial score (nSPS) is 13.1. The van der Waals surface area contributed by atoms with E-state index in [9.17, 15) is 20.1 Å². The van der Waals surface area contributed by atoms with Gasteiger partial charge >= 0.3 is 0 Å². The molecular formula is C52H70O4. The van der Waals surface area contributed by atoms with Crippen LogP contribution in [0.5, 0.6) is 11.5 Å². The topological polar surface area (TPSA) is 77.8 Å². The Morgan fingerprint density at radius 3 is 1.29 bits per heavy atom. The summed E-state index contributed by atoms with van der Waals surface area (Å²) in [6.45, 7) is 23.1. The zero-order chi connectivity index (χ0) is 41.7. The first kappa shape index (κ1) is 46.0. The molecule has 0 aromatic heterocycles. The number of carbonyl (C=O) groups excluding carboxylic acids is 1. The summed E-state index contributed by atoms with van der Waals surface area (Å²) in [6.07, 6.45) is 15.8. The van der Waals surface area contributed by atoms with E-state index in [1.165, 1.54) is 33.4 Å². The summed E-state index contributed by atoms with van der Waals surface area (Å²) >= 11 is 0. The van der Waals surface area contributed by atoms with E-state index in [2.05, 4.69) is 109 Å². The van der Waals surface area contributed by atoms with Crippen LogP contribution in [-0.2, 0) is 15.6 Å². The van der Waals surface area contributed by atoms with Gasteiger partial charge in [0, 0.05) is 17.3 Å². The summed E-state index contributed by atoms with van der Waals surface area (Å²) in [5.41, 5.74) is 10.7. The van der Waals surface area contributed by atoms with Crippen LogP contribution < -0.4 is 0 Å². The smallest absolute Gasteiger partial charge is 0.155 e. The number of allylic oxidation sites excluding steroid dienone is 1. The number of hydrogen-bond acceptors (Lipinski definition) is 4. The highest BCUT2D eigenvalue weighted by Crippen LogP contribution is 2.42. The Hall–Kier alpha value is -4.41. The van der Waals surface area contributed by atoms with Gasteiger partial charge < -0.3 is 15.3 Å². The number of benzene rings is 4. The third-order valence-corrected chi connectivity index (χ3v) is 12.5. The van der Waals surface area contributed by atoms with Crippen LogP contribution in [0.15, 0.2) is 84.9 Å². The van der Waals surface area contributed by atoms with Gasteiger partial charge in [-0.15, -0.1) is 0 Å². The molecule has 56 heavy (non-hydrogen) atoms. The summed E-state index contributed by atoms with van der Waals surface area (Å²) in [6, 6.07) is 25.2. The van der Waals surface area contributed by atoms with Gasteiger partial charge in [-0.3, -0.25) is 4.79 Å². The van der Waals surface area contributed by atoms with E-state index >= 15 is 0 Å². The minimum absolute atomic E-state index is 0.0727. The van der Waals surface area contributed by atoms with Crippen molar-refractivity contribution in [3.63, 3.8) is 0 Å². The van der Waals surface area contributed by atoms with Crippen molar-refractivity contribution in [1.29, 1.82) is 0 Å².